The highest BCUT2D eigenvalue weighted by molar-refractivity contribution is 7.92. The number of hydrogen-bond donors (Lipinski definition) is 1. The van der Waals surface area contributed by atoms with Gasteiger partial charge < -0.3 is 0 Å². The third-order valence-electron chi connectivity index (χ3n) is 2.79. The first-order valence-electron chi connectivity index (χ1n) is 6.13. The monoisotopic (exact) mass is 310 g/mol. The molecule has 0 atom stereocenters. The summed E-state index contributed by atoms with van der Waals surface area (Å²) >= 11 is 5.69. The van der Waals surface area contributed by atoms with E-state index in [4.69, 9.17) is 11.6 Å². The maximum atomic E-state index is 12.0. The van der Waals surface area contributed by atoms with E-state index in [1.54, 1.807) is 36.7 Å². The van der Waals surface area contributed by atoms with E-state index in [0.717, 1.165) is 11.1 Å². The molecular formula is C14H15ClN2O2S. The lowest BCUT2D eigenvalue weighted by Gasteiger charge is -2.08. The molecular weight excluding hydrogens is 296 g/mol. The quantitative estimate of drug-likeness (QED) is 0.835. The fourth-order valence-electron chi connectivity index (χ4n) is 1.69. The molecule has 0 aliphatic carbocycles. The van der Waals surface area contributed by atoms with Crippen molar-refractivity contribution >= 4 is 27.3 Å². The van der Waals surface area contributed by atoms with Crippen LogP contribution in [0.3, 0.4) is 0 Å². The fraction of sp³-hybridized carbons (Fsp3) is 0.214. The van der Waals surface area contributed by atoms with Crippen molar-refractivity contribution in [2.24, 2.45) is 0 Å². The molecule has 0 saturated heterocycles. The summed E-state index contributed by atoms with van der Waals surface area (Å²) < 4.78 is 26.5. The van der Waals surface area contributed by atoms with E-state index in [2.05, 4.69) is 9.71 Å². The molecule has 0 radical (unpaired) electrons. The third-order valence-corrected chi connectivity index (χ3v) is 4.39. The van der Waals surface area contributed by atoms with Gasteiger partial charge in [0.1, 0.15) is 0 Å². The van der Waals surface area contributed by atoms with Gasteiger partial charge in [-0.2, -0.15) is 0 Å². The molecule has 0 amide bonds. The van der Waals surface area contributed by atoms with Crippen LogP contribution < -0.4 is 4.72 Å². The number of aryl methyl sites for hydroxylation is 1. The number of alkyl halides is 1. The smallest absolute Gasteiger partial charge is 0.233 e. The van der Waals surface area contributed by atoms with Gasteiger partial charge in [0.05, 0.1) is 5.75 Å². The van der Waals surface area contributed by atoms with Gasteiger partial charge in [0.25, 0.3) is 0 Å². The Hall–Kier alpha value is -1.59. The van der Waals surface area contributed by atoms with E-state index in [1.807, 2.05) is 12.1 Å². The molecule has 0 saturated carbocycles. The van der Waals surface area contributed by atoms with Crippen molar-refractivity contribution in [3.8, 4) is 0 Å². The van der Waals surface area contributed by atoms with Gasteiger partial charge in [-0.25, -0.2) is 8.42 Å². The van der Waals surface area contributed by atoms with Gasteiger partial charge in [0, 0.05) is 24.0 Å². The minimum atomic E-state index is -3.36. The largest absolute Gasteiger partial charge is 0.284 e. The van der Waals surface area contributed by atoms with E-state index < -0.39 is 10.0 Å². The topological polar surface area (TPSA) is 59.1 Å². The highest BCUT2D eigenvalue weighted by atomic mass is 35.5. The van der Waals surface area contributed by atoms with Crippen molar-refractivity contribution in [2.45, 2.75) is 12.3 Å². The third kappa shape index (κ3) is 4.51. The molecule has 2 rings (SSSR count). The molecule has 0 spiro atoms. The zero-order valence-electron chi connectivity index (χ0n) is 10.8. The summed E-state index contributed by atoms with van der Waals surface area (Å²) in [4.78, 5) is 3.90. The SMILES string of the molecule is O=S(=O)(CCc1ccncc1)Nc1ccc(CCl)cc1. The molecule has 6 heteroatoms. The molecule has 1 aromatic heterocycles. The van der Waals surface area contributed by atoms with Crippen molar-refractivity contribution in [2.75, 3.05) is 10.5 Å². The fourth-order valence-corrected chi connectivity index (χ4v) is 2.97. The summed E-state index contributed by atoms with van der Waals surface area (Å²) in [6.45, 7) is 0. The normalized spacial score (nSPS) is 11.2. The summed E-state index contributed by atoms with van der Waals surface area (Å²) in [5, 5.41) is 0. The van der Waals surface area contributed by atoms with Crippen molar-refractivity contribution in [1.29, 1.82) is 0 Å². The van der Waals surface area contributed by atoms with Crippen LogP contribution in [0.5, 0.6) is 0 Å². The molecule has 1 N–H and O–H groups in total. The van der Waals surface area contributed by atoms with Gasteiger partial charge in [-0.3, -0.25) is 9.71 Å². The first-order valence-corrected chi connectivity index (χ1v) is 8.32. The highest BCUT2D eigenvalue weighted by Crippen LogP contribution is 2.13. The predicted molar refractivity (Wildman–Crippen MR) is 81.3 cm³/mol. The van der Waals surface area contributed by atoms with Crippen LogP contribution in [0.2, 0.25) is 0 Å². The van der Waals surface area contributed by atoms with Crippen LogP contribution in [0.1, 0.15) is 11.1 Å². The average Bonchev–Trinajstić information content (AvgIpc) is 2.47. The van der Waals surface area contributed by atoms with Gasteiger partial charge in [-0.1, -0.05) is 12.1 Å². The number of nitrogens with zero attached hydrogens (tertiary/aromatic N) is 1. The van der Waals surface area contributed by atoms with Crippen LogP contribution >= 0.6 is 11.6 Å². The first kappa shape index (κ1) is 14.8. The predicted octanol–water partition coefficient (Wildman–Crippen LogP) is 2.80. The number of hydrogen-bond acceptors (Lipinski definition) is 3. The van der Waals surface area contributed by atoms with Gasteiger partial charge in [-0.15, -0.1) is 11.6 Å². The number of halogens is 1. The van der Waals surface area contributed by atoms with Gasteiger partial charge in [0.2, 0.25) is 10.0 Å². The molecule has 0 fully saturated rings. The molecule has 4 nitrogen and oxygen atoms in total. The zero-order chi connectivity index (χ0) is 14.4. The number of benzene rings is 1. The lowest BCUT2D eigenvalue weighted by atomic mass is 10.2. The second-order valence-electron chi connectivity index (χ2n) is 4.36. The second kappa shape index (κ2) is 6.72. The van der Waals surface area contributed by atoms with Crippen molar-refractivity contribution in [3.63, 3.8) is 0 Å². The maximum Gasteiger partial charge on any atom is 0.233 e. The maximum absolute atomic E-state index is 12.0. The van der Waals surface area contributed by atoms with Crippen LogP contribution in [0.15, 0.2) is 48.8 Å². The molecule has 0 aliphatic rings. The summed E-state index contributed by atoms with van der Waals surface area (Å²) in [7, 11) is -3.36. The highest BCUT2D eigenvalue weighted by Gasteiger charge is 2.10. The Bertz CT molecular complexity index is 643. The van der Waals surface area contributed by atoms with E-state index in [0.29, 0.717) is 18.0 Å². The number of aromatic nitrogens is 1. The lowest BCUT2D eigenvalue weighted by molar-refractivity contribution is 0.600. The molecule has 106 valence electrons. The van der Waals surface area contributed by atoms with E-state index in [9.17, 15) is 8.42 Å². The van der Waals surface area contributed by atoms with E-state index in [-0.39, 0.29) is 5.75 Å². The Kier molecular flexibility index (Phi) is 4.98. The number of sulfonamides is 1. The van der Waals surface area contributed by atoms with Crippen LogP contribution in [0, 0.1) is 0 Å². The Balaban J connectivity index is 1.96. The standard InChI is InChI=1S/C14H15ClN2O2S/c15-11-13-1-3-14(4-2-13)17-20(18,19)10-7-12-5-8-16-9-6-12/h1-6,8-9,17H,7,10-11H2. The summed E-state index contributed by atoms with van der Waals surface area (Å²) in [6, 6.07) is 10.6. The lowest BCUT2D eigenvalue weighted by Crippen LogP contribution is -2.18. The van der Waals surface area contributed by atoms with Gasteiger partial charge in [0.15, 0.2) is 0 Å². The summed E-state index contributed by atoms with van der Waals surface area (Å²) in [5.41, 5.74) is 2.45. The molecule has 0 bridgehead atoms. The van der Waals surface area contributed by atoms with Crippen LogP contribution in [-0.2, 0) is 22.3 Å². The van der Waals surface area contributed by atoms with Crippen LogP contribution in [0.25, 0.3) is 0 Å². The molecule has 20 heavy (non-hydrogen) atoms. The van der Waals surface area contributed by atoms with Gasteiger partial charge in [-0.05, 0) is 41.8 Å². The minimum absolute atomic E-state index is 0.0360. The Morgan fingerprint density at radius 1 is 1.00 bits per heavy atom. The Morgan fingerprint density at radius 2 is 1.65 bits per heavy atom. The molecule has 2 aromatic rings. The number of nitrogens with one attached hydrogen (secondary N) is 1. The van der Waals surface area contributed by atoms with E-state index >= 15 is 0 Å². The van der Waals surface area contributed by atoms with Crippen molar-refractivity contribution in [3.05, 3.63) is 59.9 Å². The number of rotatable bonds is 6. The Labute approximate surface area is 123 Å². The molecule has 1 heterocycles. The molecule has 1 aromatic carbocycles. The summed E-state index contributed by atoms with van der Waals surface area (Å²) in [6.07, 6.45) is 3.76. The zero-order valence-corrected chi connectivity index (χ0v) is 12.4. The minimum Gasteiger partial charge on any atom is -0.284 e. The second-order valence-corrected chi connectivity index (χ2v) is 6.47. The molecule has 0 aliphatic heterocycles. The van der Waals surface area contributed by atoms with Gasteiger partial charge >= 0.3 is 0 Å². The van der Waals surface area contributed by atoms with E-state index in [1.165, 1.54) is 0 Å². The number of anilines is 1. The van der Waals surface area contributed by atoms with Crippen molar-refractivity contribution < 1.29 is 8.42 Å². The summed E-state index contributed by atoms with van der Waals surface area (Å²) in [5.74, 6) is 0.448. The van der Waals surface area contributed by atoms with Crippen molar-refractivity contribution in [1.82, 2.24) is 4.98 Å². The first-order chi connectivity index (χ1) is 9.59. The van der Waals surface area contributed by atoms with Crippen LogP contribution in [-0.4, -0.2) is 19.2 Å². The van der Waals surface area contributed by atoms with Crippen LogP contribution in [0.4, 0.5) is 5.69 Å². The number of pyridine rings is 1. The Morgan fingerprint density at radius 3 is 2.25 bits per heavy atom. The average molecular weight is 311 g/mol. The molecule has 0 unspecified atom stereocenters.